The molecule has 0 aliphatic heterocycles. The van der Waals surface area contributed by atoms with Crippen LogP contribution in [0.4, 0.5) is 0 Å². The van der Waals surface area contributed by atoms with Crippen molar-refractivity contribution in [2.24, 2.45) is 5.92 Å². The van der Waals surface area contributed by atoms with E-state index in [0.717, 1.165) is 54.2 Å². The lowest BCUT2D eigenvalue weighted by Gasteiger charge is -2.29. The molecule has 2 aromatic rings. The maximum Gasteiger partial charge on any atom is 0.119 e. The molecule has 0 bridgehead atoms. The van der Waals surface area contributed by atoms with Crippen LogP contribution in [0.1, 0.15) is 120 Å². The van der Waals surface area contributed by atoms with Crippen molar-refractivity contribution >= 4 is 0 Å². The molecule has 2 aromatic carbocycles. The summed E-state index contributed by atoms with van der Waals surface area (Å²) in [5, 5.41) is 20.0. The maximum absolute atomic E-state index is 10.0. The molecule has 3 nitrogen and oxygen atoms in total. The summed E-state index contributed by atoms with van der Waals surface area (Å²) in [5.41, 5.74) is 3.96. The van der Waals surface area contributed by atoms with E-state index >= 15 is 0 Å². The van der Waals surface area contributed by atoms with Crippen LogP contribution in [-0.4, -0.2) is 6.61 Å². The number of ether oxygens (including phenoxy) is 1. The Labute approximate surface area is 213 Å². The highest BCUT2D eigenvalue weighted by molar-refractivity contribution is 5.75. The van der Waals surface area contributed by atoms with Crippen molar-refractivity contribution in [2.45, 2.75) is 103 Å². The minimum atomic E-state index is 0.390. The highest BCUT2D eigenvalue weighted by Gasteiger charge is 2.26. The van der Waals surface area contributed by atoms with E-state index in [1.807, 2.05) is 30.3 Å². The van der Waals surface area contributed by atoms with Crippen LogP contribution in [-0.2, 0) is 0 Å². The van der Waals surface area contributed by atoms with Gasteiger partial charge in [0.2, 0.25) is 0 Å². The second kappa shape index (κ2) is 14.6. The molecule has 35 heavy (non-hydrogen) atoms. The van der Waals surface area contributed by atoms with Gasteiger partial charge in [0.25, 0.3) is 0 Å². The number of benzene rings is 2. The largest absolute Gasteiger partial charge is 0.494 e. The average molecular weight is 471 g/mol. The first kappa shape index (κ1) is 26.8. The zero-order valence-corrected chi connectivity index (χ0v) is 21.8. The van der Waals surface area contributed by atoms with Crippen LogP contribution in [0.15, 0.2) is 36.4 Å². The lowest BCUT2D eigenvalue weighted by Crippen LogP contribution is -2.15. The Morgan fingerprint density at radius 2 is 1.40 bits per heavy atom. The van der Waals surface area contributed by atoms with Crippen LogP contribution in [0.25, 0.3) is 11.1 Å². The number of hydrogen-bond donors (Lipinski definition) is 0. The zero-order chi connectivity index (χ0) is 24.9. The van der Waals surface area contributed by atoms with Gasteiger partial charge in [0, 0.05) is 5.56 Å². The topological polar surface area (TPSA) is 56.8 Å². The van der Waals surface area contributed by atoms with Gasteiger partial charge in [-0.2, -0.15) is 10.5 Å². The van der Waals surface area contributed by atoms with Crippen LogP contribution < -0.4 is 4.74 Å². The molecule has 0 aromatic heterocycles. The first-order chi connectivity index (χ1) is 17.2. The summed E-state index contributed by atoms with van der Waals surface area (Å²) in [5.74, 6) is 2.07. The van der Waals surface area contributed by atoms with Crippen molar-refractivity contribution in [3.8, 4) is 29.0 Å². The molecule has 186 valence electrons. The molecular weight excluding hydrogens is 428 g/mol. The number of nitrogens with zero attached hydrogens (tertiary/aromatic N) is 2. The zero-order valence-electron chi connectivity index (χ0n) is 21.8. The molecule has 0 spiro atoms. The molecule has 0 atom stereocenters. The second-order valence-electron chi connectivity index (χ2n) is 10.2. The van der Waals surface area contributed by atoms with Crippen LogP contribution >= 0.6 is 0 Å². The maximum atomic E-state index is 10.0. The summed E-state index contributed by atoms with van der Waals surface area (Å²) in [7, 11) is 0. The number of nitriles is 2. The highest BCUT2D eigenvalue weighted by atomic mass is 16.5. The smallest absolute Gasteiger partial charge is 0.119 e. The summed E-state index contributed by atoms with van der Waals surface area (Å²) in [6.07, 6.45) is 16.2. The van der Waals surface area contributed by atoms with Crippen LogP contribution in [0, 0.1) is 28.6 Å². The van der Waals surface area contributed by atoms with Gasteiger partial charge in [-0.3, -0.25) is 0 Å². The minimum Gasteiger partial charge on any atom is -0.494 e. The highest BCUT2D eigenvalue weighted by Crippen LogP contribution is 2.41. The third-order valence-electron chi connectivity index (χ3n) is 7.65. The van der Waals surface area contributed by atoms with Crippen molar-refractivity contribution in [2.75, 3.05) is 6.61 Å². The first-order valence-corrected chi connectivity index (χ1v) is 13.9. The summed E-state index contributed by atoms with van der Waals surface area (Å²) < 4.78 is 5.87. The summed E-state index contributed by atoms with van der Waals surface area (Å²) >= 11 is 0. The molecule has 0 amide bonds. The van der Waals surface area contributed by atoms with Gasteiger partial charge in [-0.1, -0.05) is 89.5 Å². The van der Waals surface area contributed by atoms with Crippen molar-refractivity contribution in [1.29, 1.82) is 10.5 Å². The van der Waals surface area contributed by atoms with Gasteiger partial charge in [0.05, 0.1) is 17.7 Å². The van der Waals surface area contributed by atoms with Crippen molar-refractivity contribution in [1.82, 2.24) is 0 Å². The van der Waals surface area contributed by atoms with Gasteiger partial charge in [0.1, 0.15) is 17.9 Å². The molecule has 1 fully saturated rings. The minimum absolute atomic E-state index is 0.390. The number of unbranched alkanes of at least 4 members (excludes halogenated alkanes) is 6. The van der Waals surface area contributed by atoms with E-state index in [4.69, 9.17) is 4.74 Å². The van der Waals surface area contributed by atoms with E-state index in [-0.39, 0.29) is 0 Å². The van der Waals surface area contributed by atoms with E-state index in [9.17, 15) is 10.5 Å². The fourth-order valence-electron chi connectivity index (χ4n) is 5.51. The molecule has 0 N–H and O–H groups in total. The van der Waals surface area contributed by atoms with E-state index in [0.29, 0.717) is 17.0 Å². The SMILES string of the molecule is CCCCCCOc1ccc(-c2ccc(C3CCC(CCCCCC)CC3)c(C#N)c2C#N)cc1. The number of rotatable bonds is 13. The Morgan fingerprint density at radius 1 is 0.743 bits per heavy atom. The Balaban J connectivity index is 1.67. The van der Waals surface area contributed by atoms with Crippen molar-refractivity contribution in [3.05, 3.63) is 53.1 Å². The molecule has 3 rings (SSSR count). The molecular formula is C32H42N2O. The van der Waals surface area contributed by atoms with Gasteiger partial charge in [-0.15, -0.1) is 0 Å². The fraction of sp³-hybridized carbons (Fsp3) is 0.562. The van der Waals surface area contributed by atoms with Gasteiger partial charge in [0.15, 0.2) is 0 Å². The lowest BCUT2D eigenvalue weighted by atomic mass is 9.75. The monoisotopic (exact) mass is 470 g/mol. The molecule has 0 heterocycles. The molecule has 1 saturated carbocycles. The Bertz CT molecular complexity index is 988. The Hall–Kier alpha value is -2.78. The van der Waals surface area contributed by atoms with Gasteiger partial charge in [-0.25, -0.2) is 0 Å². The van der Waals surface area contributed by atoms with E-state index < -0.39 is 0 Å². The molecule has 0 unspecified atom stereocenters. The van der Waals surface area contributed by atoms with Gasteiger partial charge < -0.3 is 4.74 Å². The van der Waals surface area contributed by atoms with Gasteiger partial charge in [-0.05, 0) is 67.2 Å². The first-order valence-electron chi connectivity index (χ1n) is 13.9. The predicted molar refractivity (Wildman–Crippen MR) is 144 cm³/mol. The summed E-state index contributed by atoms with van der Waals surface area (Å²) in [6.45, 7) is 5.20. The van der Waals surface area contributed by atoms with Gasteiger partial charge >= 0.3 is 0 Å². The average Bonchev–Trinajstić information content (AvgIpc) is 2.91. The third kappa shape index (κ3) is 7.60. The van der Waals surface area contributed by atoms with Crippen LogP contribution in [0.2, 0.25) is 0 Å². The van der Waals surface area contributed by atoms with Crippen molar-refractivity contribution < 1.29 is 4.74 Å². The molecule has 0 radical (unpaired) electrons. The van der Waals surface area contributed by atoms with E-state index in [2.05, 4.69) is 32.1 Å². The normalized spacial score (nSPS) is 17.5. The third-order valence-corrected chi connectivity index (χ3v) is 7.65. The summed E-state index contributed by atoms with van der Waals surface area (Å²) in [6, 6.07) is 16.9. The van der Waals surface area contributed by atoms with E-state index in [1.165, 1.54) is 64.2 Å². The predicted octanol–water partition coefficient (Wildman–Crippen LogP) is 9.30. The molecule has 1 aliphatic rings. The summed E-state index contributed by atoms with van der Waals surface area (Å²) in [4.78, 5) is 0. The molecule has 3 heteroatoms. The quantitative estimate of drug-likeness (QED) is 0.274. The molecule has 1 aliphatic carbocycles. The van der Waals surface area contributed by atoms with Crippen LogP contribution in [0.5, 0.6) is 5.75 Å². The fourth-order valence-corrected chi connectivity index (χ4v) is 5.51. The van der Waals surface area contributed by atoms with E-state index in [1.54, 1.807) is 0 Å². The number of hydrogen-bond acceptors (Lipinski definition) is 3. The standard InChI is InChI=1S/C32H42N2O/c1-3-5-7-9-11-25-12-14-26(15-13-25)29-20-21-30(32(24-34)31(29)23-33)27-16-18-28(19-17-27)35-22-10-8-6-4-2/h16-21,25-26H,3-15,22H2,1-2H3. The van der Waals surface area contributed by atoms with Crippen molar-refractivity contribution in [3.63, 3.8) is 0 Å². The van der Waals surface area contributed by atoms with Crippen LogP contribution in [0.3, 0.4) is 0 Å². The Kier molecular flexibility index (Phi) is 11.2. The Morgan fingerprint density at radius 3 is 2.03 bits per heavy atom. The second-order valence-corrected chi connectivity index (χ2v) is 10.2. The molecule has 0 saturated heterocycles. The lowest BCUT2D eigenvalue weighted by molar-refractivity contribution is 0.302.